The Morgan fingerprint density at radius 2 is 1.86 bits per heavy atom. The van der Waals surface area contributed by atoms with E-state index in [-0.39, 0.29) is 23.9 Å². The average molecular weight is 508 g/mol. The zero-order chi connectivity index (χ0) is 25.6. The van der Waals surface area contributed by atoms with Gasteiger partial charge in [0, 0.05) is 16.7 Å². The van der Waals surface area contributed by atoms with Gasteiger partial charge in [-0.3, -0.25) is 14.9 Å². The third-order valence-electron chi connectivity index (χ3n) is 4.44. The van der Waals surface area contributed by atoms with Gasteiger partial charge in [0.05, 0.1) is 23.3 Å². The number of carbonyl (C=O) groups is 1. The van der Waals surface area contributed by atoms with Crippen LogP contribution in [0.2, 0.25) is 5.02 Å². The average Bonchev–Trinajstić information content (AvgIpc) is 2.80. The van der Waals surface area contributed by atoms with Gasteiger partial charge < -0.3 is 9.47 Å². The van der Waals surface area contributed by atoms with E-state index in [9.17, 15) is 28.1 Å². The molecule has 8 nitrogen and oxygen atoms in total. The van der Waals surface area contributed by atoms with Crippen LogP contribution in [0.25, 0.3) is 0 Å². The van der Waals surface area contributed by atoms with Crippen molar-refractivity contribution in [1.82, 2.24) is 5.43 Å². The molecule has 0 aliphatic heterocycles. The number of nitro groups is 1. The number of amides is 1. The van der Waals surface area contributed by atoms with Gasteiger partial charge in [0.25, 0.3) is 5.91 Å². The van der Waals surface area contributed by atoms with E-state index in [1.165, 1.54) is 30.5 Å². The lowest BCUT2D eigenvalue weighted by Crippen LogP contribution is -2.17. The highest BCUT2D eigenvalue weighted by Gasteiger charge is 2.33. The lowest BCUT2D eigenvalue weighted by atomic mass is 10.1. The molecule has 0 fully saturated rings. The van der Waals surface area contributed by atoms with Crippen molar-refractivity contribution in [2.45, 2.75) is 13.1 Å². The van der Waals surface area contributed by atoms with Crippen LogP contribution in [-0.2, 0) is 6.18 Å². The molecule has 1 amide bonds. The van der Waals surface area contributed by atoms with Crippen LogP contribution in [0.3, 0.4) is 0 Å². The molecule has 3 rings (SSSR count). The molecule has 1 N–H and O–H groups in total. The number of ether oxygens (including phenoxy) is 2. The van der Waals surface area contributed by atoms with E-state index < -0.39 is 28.3 Å². The Morgan fingerprint density at radius 3 is 2.51 bits per heavy atom. The number of hydrogen-bond donors (Lipinski definition) is 1. The normalized spacial score (nSPS) is 11.3. The van der Waals surface area contributed by atoms with Gasteiger partial charge in [-0.1, -0.05) is 17.7 Å². The van der Waals surface area contributed by atoms with Crippen molar-refractivity contribution in [2.24, 2.45) is 5.10 Å². The first-order valence-electron chi connectivity index (χ1n) is 9.97. The van der Waals surface area contributed by atoms with E-state index in [2.05, 4.69) is 10.5 Å². The molecule has 0 unspecified atom stereocenters. The summed E-state index contributed by atoms with van der Waals surface area (Å²) in [6, 6.07) is 12.7. The minimum Gasteiger partial charge on any atom is -0.490 e. The zero-order valence-corrected chi connectivity index (χ0v) is 18.8. The highest BCUT2D eigenvalue weighted by Crippen LogP contribution is 2.40. The number of hydrogen-bond acceptors (Lipinski definition) is 6. The predicted octanol–water partition coefficient (Wildman–Crippen LogP) is 6.22. The molecule has 0 saturated carbocycles. The fourth-order valence-corrected chi connectivity index (χ4v) is 3.05. The maximum Gasteiger partial charge on any atom is 0.416 e. The Hall–Kier alpha value is -4.12. The van der Waals surface area contributed by atoms with Gasteiger partial charge in [-0.2, -0.15) is 18.3 Å². The molecular formula is C23H17ClF3N3O5. The molecule has 0 bridgehead atoms. The third-order valence-corrected chi connectivity index (χ3v) is 4.67. The molecular weight excluding hydrogens is 491 g/mol. The van der Waals surface area contributed by atoms with Crippen molar-refractivity contribution in [3.05, 3.63) is 92.5 Å². The SMILES string of the molecule is CCOc1cc(/C=N/NC(=O)c2cccc(Cl)c2)ccc1Oc1ccc(C(F)(F)F)cc1[N+](=O)[O-]. The maximum atomic E-state index is 12.9. The first-order valence-corrected chi connectivity index (χ1v) is 10.4. The molecule has 0 aliphatic rings. The van der Waals surface area contributed by atoms with Crippen LogP contribution in [0.1, 0.15) is 28.4 Å². The van der Waals surface area contributed by atoms with Crippen molar-refractivity contribution in [3.8, 4) is 17.2 Å². The van der Waals surface area contributed by atoms with E-state index >= 15 is 0 Å². The van der Waals surface area contributed by atoms with E-state index in [0.29, 0.717) is 28.3 Å². The molecule has 0 spiro atoms. The second-order valence-electron chi connectivity index (χ2n) is 6.89. The number of benzene rings is 3. The topological polar surface area (TPSA) is 103 Å². The Labute approximate surface area is 202 Å². The molecule has 35 heavy (non-hydrogen) atoms. The summed E-state index contributed by atoms with van der Waals surface area (Å²) < 4.78 is 49.8. The lowest BCUT2D eigenvalue weighted by molar-refractivity contribution is -0.385. The van der Waals surface area contributed by atoms with E-state index in [0.717, 1.165) is 6.07 Å². The number of nitrogens with one attached hydrogen (secondary N) is 1. The molecule has 3 aromatic rings. The smallest absolute Gasteiger partial charge is 0.416 e. The lowest BCUT2D eigenvalue weighted by Gasteiger charge is -2.13. The summed E-state index contributed by atoms with van der Waals surface area (Å²) >= 11 is 5.86. The fraction of sp³-hybridized carbons (Fsp3) is 0.130. The van der Waals surface area contributed by atoms with Crippen LogP contribution in [0, 0.1) is 10.1 Å². The third kappa shape index (κ3) is 6.70. The maximum absolute atomic E-state index is 12.9. The number of nitro benzene ring substituents is 1. The van der Waals surface area contributed by atoms with Gasteiger partial charge in [0.15, 0.2) is 11.5 Å². The Balaban J connectivity index is 1.81. The van der Waals surface area contributed by atoms with Crippen LogP contribution in [-0.4, -0.2) is 23.7 Å². The summed E-state index contributed by atoms with van der Waals surface area (Å²) in [5, 5.41) is 15.6. The molecule has 0 atom stereocenters. The van der Waals surface area contributed by atoms with E-state index in [4.69, 9.17) is 21.1 Å². The number of nitrogens with zero attached hydrogens (tertiary/aromatic N) is 2. The second-order valence-corrected chi connectivity index (χ2v) is 7.32. The quantitative estimate of drug-likeness (QED) is 0.221. The molecule has 0 aromatic heterocycles. The number of carbonyl (C=O) groups excluding carboxylic acids is 1. The minimum atomic E-state index is -4.75. The number of halogens is 4. The molecule has 0 saturated heterocycles. The summed E-state index contributed by atoms with van der Waals surface area (Å²) in [6.07, 6.45) is -3.42. The van der Waals surface area contributed by atoms with Crippen molar-refractivity contribution < 1.29 is 32.4 Å². The Morgan fingerprint density at radius 1 is 1.11 bits per heavy atom. The van der Waals surface area contributed by atoms with Crippen molar-refractivity contribution in [2.75, 3.05) is 6.61 Å². The molecule has 0 radical (unpaired) electrons. The zero-order valence-electron chi connectivity index (χ0n) is 18.0. The summed E-state index contributed by atoms with van der Waals surface area (Å²) in [5.41, 5.74) is 1.12. The Bertz CT molecular complexity index is 1280. The molecule has 0 aliphatic carbocycles. The summed E-state index contributed by atoms with van der Waals surface area (Å²) in [4.78, 5) is 22.5. The van der Waals surface area contributed by atoms with Crippen LogP contribution in [0.5, 0.6) is 17.2 Å². The van der Waals surface area contributed by atoms with Crippen LogP contribution in [0.4, 0.5) is 18.9 Å². The molecule has 3 aromatic carbocycles. The summed E-state index contributed by atoms with van der Waals surface area (Å²) in [6.45, 7) is 1.90. The monoisotopic (exact) mass is 507 g/mol. The van der Waals surface area contributed by atoms with E-state index in [1.54, 1.807) is 25.1 Å². The largest absolute Gasteiger partial charge is 0.490 e. The predicted molar refractivity (Wildman–Crippen MR) is 122 cm³/mol. The van der Waals surface area contributed by atoms with Gasteiger partial charge in [0.2, 0.25) is 5.75 Å². The van der Waals surface area contributed by atoms with Crippen LogP contribution < -0.4 is 14.9 Å². The summed E-state index contributed by atoms with van der Waals surface area (Å²) in [7, 11) is 0. The molecule has 12 heteroatoms. The van der Waals surface area contributed by atoms with Crippen molar-refractivity contribution in [3.63, 3.8) is 0 Å². The Kier molecular flexibility index (Phi) is 7.92. The summed E-state index contributed by atoms with van der Waals surface area (Å²) in [5.74, 6) is -0.677. The molecule has 182 valence electrons. The fourth-order valence-electron chi connectivity index (χ4n) is 2.86. The van der Waals surface area contributed by atoms with Gasteiger partial charge in [-0.05, 0) is 61.0 Å². The van der Waals surface area contributed by atoms with Crippen molar-refractivity contribution in [1.29, 1.82) is 0 Å². The second kappa shape index (κ2) is 10.9. The van der Waals surface area contributed by atoms with Gasteiger partial charge in [-0.15, -0.1) is 0 Å². The first-order chi connectivity index (χ1) is 16.6. The minimum absolute atomic E-state index is 0.0369. The molecule has 0 heterocycles. The number of rotatable bonds is 8. The van der Waals surface area contributed by atoms with Crippen LogP contribution in [0.15, 0.2) is 65.8 Å². The van der Waals surface area contributed by atoms with Gasteiger partial charge in [-0.25, -0.2) is 5.43 Å². The van der Waals surface area contributed by atoms with Gasteiger partial charge in [0.1, 0.15) is 0 Å². The number of hydrazone groups is 1. The first kappa shape index (κ1) is 25.5. The standard InChI is InChI=1S/C23H17ClF3N3O5/c1-2-34-21-10-14(13-28-29-22(31)15-4-3-5-17(24)11-15)6-8-20(21)35-19-9-7-16(23(25,26)27)12-18(19)30(32)33/h3-13H,2H2,1H3,(H,29,31)/b28-13+. The highest BCUT2D eigenvalue weighted by atomic mass is 35.5. The number of alkyl halides is 3. The van der Waals surface area contributed by atoms with Gasteiger partial charge >= 0.3 is 11.9 Å². The van der Waals surface area contributed by atoms with E-state index in [1.807, 2.05) is 0 Å². The highest BCUT2D eigenvalue weighted by molar-refractivity contribution is 6.30. The van der Waals surface area contributed by atoms with Crippen molar-refractivity contribution >= 4 is 29.4 Å². The van der Waals surface area contributed by atoms with Crippen LogP contribution >= 0.6 is 11.6 Å².